The number of aliphatic hydroxyl groups is 1. The van der Waals surface area contributed by atoms with E-state index in [0.717, 1.165) is 44.3 Å². The highest BCUT2D eigenvalue weighted by Gasteiger charge is 2.57. The van der Waals surface area contributed by atoms with Crippen LogP contribution in [0.5, 0.6) is 0 Å². The molecule has 0 aromatic heterocycles. The standard InChI is InChI=1S/C31H54N2O7S/c1-27(2,3)40-26(36)32-21(11-18-41-8)25(35)33-16-14-31(15-17-33)19-24-29(6,37-20-31)13-10-23-30(7,39-24)12-9-22(34)28(4,5)38-23/h21-24,34H,9-20H2,1-8H3,(H,32,36)/t21-,22-,23-,24-,29+,30+/m1/s1. The van der Waals surface area contributed by atoms with Gasteiger partial charge in [-0.1, -0.05) is 0 Å². The first-order chi connectivity index (χ1) is 19.0. The maximum Gasteiger partial charge on any atom is 0.408 e. The van der Waals surface area contributed by atoms with Crippen molar-refractivity contribution in [2.24, 2.45) is 5.41 Å². The third-order valence-corrected chi connectivity index (χ3v) is 10.5. The molecule has 0 radical (unpaired) electrons. The SMILES string of the molecule is CSCC[C@@H](NC(=O)OC(C)(C)C)C(=O)N1CCC2(CC1)CO[C@@]1(C)CC[C@H]3OC(C)(C)[C@H](O)CC[C@]3(C)O[C@@H]1C2. The topological polar surface area (TPSA) is 107 Å². The second kappa shape index (κ2) is 12.1. The van der Waals surface area contributed by atoms with Gasteiger partial charge in [0.1, 0.15) is 11.6 Å². The van der Waals surface area contributed by atoms with E-state index < -0.39 is 35.0 Å². The fourth-order valence-corrected chi connectivity index (χ4v) is 7.41. The number of nitrogens with zero attached hydrogens (tertiary/aromatic N) is 1. The molecule has 4 aliphatic heterocycles. The predicted molar refractivity (Wildman–Crippen MR) is 160 cm³/mol. The van der Waals surface area contributed by atoms with Gasteiger partial charge >= 0.3 is 6.09 Å². The number of likely N-dealkylation sites (tertiary alicyclic amines) is 1. The Morgan fingerprint density at radius 3 is 2.32 bits per heavy atom. The first-order valence-electron chi connectivity index (χ1n) is 15.4. The van der Waals surface area contributed by atoms with Crippen LogP contribution in [0, 0.1) is 5.41 Å². The van der Waals surface area contributed by atoms with Crippen molar-refractivity contribution in [1.29, 1.82) is 0 Å². The molecule has 2 amide bonds. The van der Waals surface area contributed by atoms with Gasteiger partial charge in [0.15, 0.2) is 0 Å². The van der Waals surface area contributed by atoms with Gasteiger partial charge in [0.05, 0.1) is 41.7 Å². The number of piperidine rings is 1. The van der Waals surface area contributed by atoms with E-state index >= 15 is 0 Å². The monoisotopic (exact) mass is 598 g/mol. The Labute approximate surface area is 251 Å². The molecule has 2 N–H and O–H groups in total. The van der Waals surface area contributed by atoms with Gasteiger partial charge in [-0.25, -0.2) is 4.79 Å². The number of rotatable bonds is 5. The van der Waals surface area contributed by atoms with E-state index in [2.05, 4.69) is 19.2 Å². The number of carbonyl (C=O) groups excluding carboxylic acids is 2. The fraction of sp³-hybridized carbons (Fsp3) is 0.935. The van der Waals surface area contributed by atoms with E-state index in [1.165, 1.54) is 0 Å². The Morgan fingerprint density at radius 2 is 1.68 bits per heavy atom. The van der Waals surface area contributed by atoms with Crippen molar-refractivity contribution in [3.8, 4) is 0 Å². The van der Waals surface area contributed by atoms with Crippen molar-refractivity contribution in [2.45, 2.75) is 147 Å². The summed E-state index contributed by atoms with van der Waals surface area (Å²) in [6.07, 6.45) is 6.89. The number of hydrogen-bond donors (Lipinski definition) is 2. The highest BCUT2D eigenvalue weighted by Crippen LogP contribution is 2.51. The molecule has 9 nitrogen and oxygen atoms in total. The Balaban J connectivity index is 1.41. The lowest BCUT2D eigenvalue weighted by Gasteiger charge is -2.53. The summed E-state index contributed by atoms with van der Waals surface area (Å²) < 4.78 is 25.6. The van der Waals surface area contributed by atoms with Crippen LogP contribution in [0.4, 0.5) is 4.79 Å². The summed E-state index contributed by atoms with van der Waals surface area (Å²) in [5.41, 5.74) is -2.18. The molecule has 1 spiro atoms. The van der Waals surface area contributed by atoms with Crippen LogP contribution in [-0.4, -0.2) is 100 Å². The highest BCUT2D eigenvalue weighted by atomic mass is 32.2. The second-order valence-electron chi connectivity index (χ2n) is 14.8. The molecular formula is C31H54N2O7S. The first-order valence-corrected chi connectivity index (χ1v) is 16.8. The van der Waals surface area contributed by atoms with Gasteiger partial charge in [-0.05, 0) is 117 Å². The minimum Gasteiger partial charge on any atom is -0.444 e. The lowest BCUT2D eigenvalue weighted by molar-refractivity contribution is -0.250. The van der Waals surface area contributed by atoms with Crippen LogP contribution >= 0.6 is 11.8 Å². The quantitative estimate of drug-likeness (QED) is 0.470. The average molecular weight is 599 g/mol. The number of hydrogen-bond acceptors (Lipinski definition) is 8. The lowest BCUT2D eigenvalue weighted by Crippen LogP contribution is -2.59. The van der Waals surface area contributed by atoms with Crippen LogP contribution in [0.2, 0.25) is 0 Å². The van der Waals surface area contributed by atoms with Gasteiger partial charge < -0.3 is 34.3 Å². The number of nitrogens with one attached hydrogen (secondary N) is 1. The first kappa shape index (κ1) is 32.8. The van der Waals surface area contributed by atoms with Crippen LogP contribution in [0.3, 0.4) is 0 Å². The summed E-state index contributed by atoms with van der Waals surface area (Å²) >= 11 is 1.66. The summed E-state index contributed by atoms with van der Waals surface area (Å²) in [6.45, 7) is 15.6. The van der Waals surface area contributed by atoms with Crippen molar-refractivity contribution >= 4 is 23.8 Å². The lowest BCUT2D eigenvalue weighted by atomic mass is 9.69. The van der Waals surface area contributed by atoms with E-state index in [0.29, 0.717) is 32.5 Å². The summed E-state index contributed by atoms with van der Waals surface area (Å²) in [5.74, 6) is 0.729. The van der Waals surface area contributed by atoms with Crippen LogP contribution in [0.15, 0.2) is 0 Å². The predicted octanol–water partition coefficient (Wildman–Crippen LogP) is 4.68. The van der Waals surface area contributed by atoms with Gasteiger partial charge in [0.25, 0.3) is 0 Å². The number of fused-ring (bicyclic) bond motifs is 2. The molecule has 0 bridgehead atoms. The molecule has 0 aromatic carbocycles. The molecule has 10 heteroatoms. The highest BCUT2D eigenvalue weighted by molar-refractivity contribution is 7.98. The molecule has 4 aliphatic rings. The fourth-order valence-electron chi connectivity index (χ4n) is 6.94. The molecule has 0 aliphatic carbocycles. The number of alkyl carbamates (subject to hydrolysis) is 1. The summed E-state index contributed by atoms with van der Waals surface area (Å²) in [7, 11) is 0. The van der Waals surface area contributed by atoms with Gasteiger partial charge in [-0.15, -0.1) is 0 Å². The van der Waals surface area contributed by atoms with Crippen molar-refractivity contribution in [3.63, 3.8) is 0 Å². The van der Waals surface area contributed by atoms with Crippen LogP contribution in [-0.2, 0) is 23.7 Å². The molecule has 4 fully saturated rings. The summed E-state index contributed by atoms with van der Waals surface area (Å²) in [4.78, 5) is 28.0. The molecule has 4 saturated heterocycles. The Kier molecular flexibility index (Phi) is 9.72. The minimum atomic E-state index is -0.625. The zero-order valence-electron chi connectivity index (χ0n) is 26.5. The molecular weight excluding hydrogens is 544 g/mol. The smallest absolute Gasteiger partial charge is 0.408 e. The number of carbonyl (C=O) groups is 2. The number of amides is 2. The Morgan fingerprint density at radius 1 is 1.02 bits per heavy atom. The summed E-state index contributed by atoms with van der Waals surface area (Å²) in [6, 6.07) is -0.603. The molecule has 4 rings (SSSR count). The number of aliphatic hydroxyl groups excluding tert-OH is 1. The third-order valence-electron chi connectivity index (χ3n) is 9.90. The van der Waals surface area contributed by atoms with Crippen molar-refractivity contribution in [1.82, 2.24) is 10.2 Å². The van der Waals surface area contributed by atoms with E-state index in [9.17, 15) is 14.7 Å². The van der Waals surface area contributed by atoms with E-state index in [-0.39, 0.29) is 29.1 Å². The van der Waals surface area contributed by atoms with E-state index in [1.807, 2.05) is 45.8 Å². The largest absolute Gasteiger partial charge is 0.444 e. The molecule has 0 unspecified atom stereocenters. The van der Waals surface area contributed by atoms with Crippen molar-refractivity contribution < 1.29 is 33.6 Å². The third kappa shape index (κ3) is 7.54. The molecule has 6 atom stereocenters. The van der Waals surface area contributed by atoms with Crippen molar-refractivity contribution in [3.05, 3.63) is 0 Å². The maximum atomic E-state index is 13.6. The van der Waals surface area contributed by atoms with E-state index in [1.54, 1.807) is 11.8 Å². The molecule has 41 heavy (non-hydrogen) atoms. The normalized spacial score (nSPS) is 35.8. The number of ether oxygens (including phenoxy) is 4. The zero-order valence-corrected chi connectivity index (χ0v) is 27.4. The van der Waals surface area contributed by atoms with Gasteiger partial charge in [-0.3, -0.25) is 4.79 Å². The average Bonchev–Trinajstić information content (AvgIpc) is 3.03. The number of thioether (sulfide) groups is 1. The van der Waals surface area contributed by atoms with Crippen molar-refractivity contribution in [2.75, 3.05) is 31.7 Å². The maximum absolute atomic E-state index is 13.6. The van der Waals surface area contributed by atoms with Crippen LogP contribution in [0.25, 0.3) is 0 Å². The van der Waals surface area contributed by atoms with Gasteiger partial charge in [0, 0.05) is 13.1 Å². The molecule has 4 heterocycles. The second-order valence-corrected chi connectivity index (χ2v) is 15.8. The molecule has 236 valence electrons. The minimum absolute atomic E-state index is 0.0424. The van der Waals surface area contributed by atoms with Crippen LogP contribution < -0.4 is 5.32 Å². The van der Waals surface area contributed by atoms with Gasteiger partial charge in [-0.2, -0.15) is 11.8 Å². The Hall–Kier alpha value is -1.07. The molecule has 0 saturated carbocycles. The van der Waals surface area contributed by atoms with Crippen LogP contribution in [0.1, 0.15) is 99.8 Å². The summed E-state index contributed by atoms with van der Waals surface area (Å²) in [5, 5.41) is 13.5. The van der Waals surface area contributed by atoms with E-state index in [4.69, 9.17) is 18.9 Å². The van der Waals surface area contributed by atoms with Gasteiger partial charge in [0.2, 0.25) is 5.91 Å². The molecule has 0 aromatic rings. The zero-order chi connectivity index (χ0) is 30.3. The Bertz CT molecular complexity index is 947.